The molecule has 0 aromatic heterocycles. The average Bonchev–Trinajstić information content (AvgIpc) is 2.95. The van der Waals surface area contributed by atoms with Crippen molar-refractivity contribution in [1.29, 1.82) is 0 Å². The number of thiocarbonyl (C=S) groups is 1. The molecule has 1 saturated heterocycles. The fraction of sp³-hybridized carbons (Fsp3) is 0.316. The molecular formula is C19H23N3O4S2. The molecule has 0 radical (unpaired) electrons. The Labute approximate surface area is 174 Å². The summed E-state index contributed by atoms with van der Waals surface area (Å²) >= 11 is 6.00. The molecule has 1 aromatic carbocycles. The molecule has 7 nitrogen and oxygen atoms in total. The van der Waals surface area contributed by atoms with Gasteiger partial charge in [-0.3, -0.25) is 14.5 Å². The van der Waals surface area contributed by atoms with Crippen LogP contribution in [0.5, 0.6) is 11.5 Å². The van der Waals surface area contributed by atoms with Gasteiger partial charge in [0.1, 0.15) is 0 Å². The number of rotatable bonds is 9. The van der Waals surface area contributed by atoms with E-state index in [-0.39, 0.29) is 17.7 Å². The number of nitrogens with zero attached hydrogens (tertiary/aromatic N) is 1. The van der Waals surface area contributed by atoms with Crippen LogP contribution < -0.4 is 20.1 Å². The highest BCUT2D eigenvalue weighted by atomic mass is 32.2. The maximum absolute atomic E-state index is 12.6. The van der Waals surface area contributed by atoms with Crippen LogP contribution in [0.2, 0.25) is 0 Å². The lowest BCUT2D eigenvalue weighted by atomic mass is 10.2. The molecule has 0 bridgehead atoms. The van der Waals surface area contributed by atoms with Gasteiger partial charge in [-0.05, 0) is 54.7 Å². The molecule has 0 unspecified atom stereocenters. The van der Waals surface area contributed by atoms with E-state index in [0.29, 0.717) is 41.2 Å². The number of methoxy groups -OCH3 is 1. The molecule has 1 heterocycles. The minimum absolute atomic E-state index is 0.227. The Morgan fingerprint density at radius 2 is 2.11 bits per heavy atom. The molecule has 150 valence electrons. The lowest BCUT2D eigenvalue weighted by Gasteiger charge is -2.14. The van der Waals surface area contributed by atoms with Gasteiger partial charge in [-0.15, -0.1) is 6.58 Å². The molecule has 1 aromatic rings. The summed E-state index contributed by atoms with van der Waals surface area (Å²) in [6.45, 7) is 7.14. The molecule has 28 heavy (non-hydrogen) atoms. The summed E-state index contributed by atoms with van der Waals surface area (Å²) < 4.78 is 10.8. The third-order valence-corrected chi connectivity index (χ3v) is 4.88. The molecule has 0 aliphatic carbocycles. The van der Waals surface area contributed by atoms with E-state index in [4.69, 9.17) is 21.7 Å². The second-order valence-electron chi connectivity index (χ2n) is 5.60. The van der Waals surface area contributed by atoms with Crippen molar-refractivity contribution in [3.05, 3.63) is 41.3 Å². The summed E-state index contributed by atoms with van der Waals surface area (Å²) in [5, 5.41) is 6.01. The van der Waals surface area contributed by atoms with Crippen LogP contribution in [0.25, 0.3) is 6.08 Å². The van der Waals surface area contributed by atoms with Crippen molar-refractivity contribution in [2.24, 2.45) is 0 Å². The first kappa shape index (κ1) is 21.8. The zero-order chi connectivity index (χ0) is 20.5. The minimum Gasteiger partial charge on any atom is -0.493 e. The number of nitrogens with one attached hydrogen (secondary N) is 2. The van der Waals surface area contributed by atoms with Crippen molar-refractivity contribution in [1.82, 2.24) is 15.5 Å². The highest BCUT2D eigenvalue weighted by molar-refractivity contribution is 8.18. The summed E-state index contributed by atoms with van der Waals surface area (Å²) in [6.07, 6.45) is 3.36. The van der Waals surface area contributed by atoms with Gasteiger partial charge in [0.05, 0.1) is 18.6 Å². The molecule has 0 spiro atoms. The lowest BCUT2D eigenvalue weighted by molar-refractivity contribution is -0.122. The molecule has 2 rings (SSSR count). The van der Waals surface area contributed by atoms with Crippen molar-refractivity contribution in [2.45, 2.75) is 6.92 Å². The van der Waals surface area contributed by atoms with E-state index < -0.39 is 0 Å². The standard InChI is InChI=1S/C19H23N3O4S2/c1-4-8-20-18(27)21-9-10-22-17(23)16(28-19(22)24)12-13-6-7-14(26-5-2)15(11-13)25-3/h4,6-7,11-12H,1,5,8-10H2,2-3H3,(H2,20,21,27)/b16-12-. The van der Waals surface area contributed by atoms with Gasteiger partial charge in [-0.25, -0.2) is 0 Å². The molecule has 1 aliphatic rings. The molecule has 1 fully saturated rings. The van der Waals surface area contributed by atoms with Crippen molar-refractivity contribution >= 4 is 46.3 Å². The second kappa shape index (κ2) is 10.7. The highest BCUT2D eigenvalue weighted by Gasteiger charge is 2.34. The third-order valence-electron chi connectivity index (χ3n) is 3.69. The first-order valence-electron chi connectivity index (χ1n) is 8.69. The van der Waals surface area contributed by atoms with Crippen LogP contribution in [0.15, 0.2) is 35.8 Å². The Balaban J connectivity index is 2.02. The number of thioether (sulfide) groups is 1. The van der Waals surface area contributed by atoms with Crippen LogP contribution in [-0.4, -0.2) is 54.5 Å². The average molecular weight is 422 g/mol. The molecular weight excluding hydrogens is 398 g/mol. The van der Waals surface area contributed by atoms with Crippen molar-refractivity contribution < 1.29 is 19.1 Å². The zero-order valence-corrected chi connectivity index (χ0v) is 17.5. The van der Waals surface area contributed by atoms with Crippen LogP contribution in [0.1, 0.15) is 12.5 Å². The SMILES string of the molecule is C=CCNC(=S)NCCN1C(=O)S/C(=C\c2ccc(OCC)c(OC)c2)C1=O. The maximum Gasteiger partial charge on any atom is 0.293 e. The van der Waals surface area contributed by atoms with E-state index in [1.807, 2.05) is 13.0 Å². The number of ether oxygens (including phenoxy) is 2. The van der Waals surface area contributed by atoms with Crippen LogP contribution in [-0.2, 0) is 4.79 Å². The minimum atomic E-state index is -0.324. The second-order valence-corrected chi connectivity index (χ2v) is 7.00. The van der Waals surface area contributed by atoms with Gasteiger partial charge in [0, 0.05) is 19.6 Å². The normalized spacial score (nSPS) is 14.9. The van der Waals surface area contributed by atoms with Crippen molar-refractivity contribution in [2.75, 3.05) is 33.4 Å². The number of imide groups is 1. The molecule has 2 N–H and O–H groups in total. The summed E-state index contributed by atoms with van der Waals surface area (Å²) in [5.41, 5.74) is 0.749. The van der Waals surface area contributed by atoms with Crippen LogP contribution in [0.3, 0.4) is 0 Å². The van der Waals surface area contributed by atoms with Gasteiger partial charge in [0.25, 0.3) is 11.1 Å². The van der Waals surface area contributed by atoms with Gasteiger partial charge >= 0.3 is 0 Å². The Morgan fingerprint density at radius 3 is 2.79 bits per heavy atom. The van der Waals surface area contributed by atoms with Crippen LogP contribution in [0, 0.1) is 0 Å². The topological polar surface area (TPSA) is 79.9 Å². The Kier molecular flexibility index (Phi) is 8.34. The monoisotopic (exact) mass is 421 g/mol. The molecule has 9 heteroatoms. The Hall–Kier alpha value is -2.52. The number of hydrogen-bond acceptors (Lipinski definition) is 6. The summed E-state index contributed by atoms with van der Waals surface area (Å²) in [4.78, 5) is 26.3. The van der Waals surface area contributed by atoms with Crippen molar-refractivity contribution in [3.8, 4) is 11.5 Å². The number of amides is 2. The Morgan fingerprint density at radius 1 is 1.32 bits per heavy atom. The van der Waals surface area contributed by atoms with Gasteiger partial charge < -0.3 is 20.1 Å². The molecule has 0 saturated carbocycles. The first-order valence-corrected chi connectivity index (χ1v) is 9.91. The summed E-state index contributed by atoms with van der Waals surface area (Å²) in [6, 6.07) is 5.36. The number of carbonyl (C=O) groups excluding carboxylic acids is 2. The molecule has 2 amide bonds. The third kappa shape index (κ3) is 5.74. The van der Waals surface area contributed by atoms with Gasteiger partial charge in [0.2, 0.25) is 0 Å². The quantitative estimate of drug-likeness (QED) is 0.358. The van der Waals surface area contributed by atoms with Crippen LogP contribution >= 0.6 is 24.0 Å². The number of benzene rings is 1. The molecule has 0 atom stereocenters. The number of hydrogen-bond donors (Lipinski definition) is 2. The van der Waals surface area contributed by atoms with Crippen molar-refractivity contribution in [3.63, 3.8) is 0 Å². The highest BCUT2D eigenvalue weighted by Crippen LogP contribution is 2.34. The first-order chi connectivity index (χ1) is 13.5. The summed E-state index contributed by atoms with van der Waals surface area (Å²) in [7, 11) is 1.55. The van der Waals surface area contributed by atoms with E-state index in [0.717, 1.165) is 17.3 Å². The van der Waals surface area contributed by atoms with E-state index in [1.165, 1.54) is 4.90 Å². The van der Waals surface area contributed by atoms with Gasteiger partial charge in [-0.1, -0.05) is 12.1 Å². The fourth-order valence-electron chi connectivity index (χ4n) is 2.40. The fourth-order valence-corrected chi connectivity index (χ4v) is 3.45. The predicted molar refractivity (Wildman–Crippen MR) is 116 cm³/mol. The van der Waals surface area contributed by atoms with E-state index in [9.17, 15) is 9.59 Å². The van der Waals surface area contributed by atoms with E-state index in [2.05, 4.69) is 17.2 Å². The number of carbonyl (C=O) groups is 2. The van der Waals surface area contributed by atoms with Gasteiger partial charge in [0.15, 0.2) is 16.6 Å². The lowest BCUT2D eigenvalue weighted by Crippen LogP contribution is -2.41. The predicted octanol–water partition coefficient (Wildman–Crippen LogP) is 2.78. The zero-order valence-electron chi connectivity index (χ0n) is 15.8. The maximum atomic E-state index is 12.6. The van der Waals surface area contributed by atoms with E-state index >= 15 is 0 Å². The van der Waals surface area contributed by atoms with E-state index in [1.54, 1.807) is 31.4 Å². The Bertz CT molecular complexity index is 795. The van der Waals surface area contributed by atoms with Gasteiger partial charge in [-0.2, -0.15) is 0 Å². The summed E-state index contributed by atoms with van der Waals surface area (Å²) in [5.74, 6) is 0.872. The largest absolute Gasteiger partial charge is 0.493 e. The van der Waals surface area contributed by atoms with Crippen LogP contribution in [0.4, 0.5) is 4.79 Å². The smallest absolute Gasteiger partial charge is 0.293 e. The molecule has 1 aliphatic heterocycles.